The van der Waals surface area contributed by atoms with Crippen LogP contribution in [-0.4, -0.2) is 141 Å². The molecule has 1 heterocycles. The Balaban J connectivity index is 2.81. The summed E-state index contributed by atoms with van der Waals surface area (Å²) < 4.78 is 6.49. The van der Waals surface area contributed by atoms with Crippen LogP contribution in [0, 0.1) is 23.2 Å². The monoisotopic (exact) mass is 765 g/mol. The number of hydrogen-bond acceptors (Lipinski definition) is 14. The van der Waals surface area contributed by atoms with E-state index in [4.69, 9.17) is 10.5 Å². The third-order valence-corrected chi connectivity index (χ3v) is 11.5. The van der Waals surface area contributed by atoms with E-state index in [0.717, 1.165) is 57.4 Å². The van der Waals surface area contributed by atoms with Crippen LogP contribution in [0.4, 0.5) is 0 Å². The average molecular weight is 765 g/mol. The van der Waals surface area contributed by atoms with Crippen molar-refractivity contribution in [3.8, 4) is 0 Å². The first-order chi connectivity index (χ1) is 25.6. The number of aliphatic hydroxyl groups is 1. The second-order valence-electron chi connectivity index (χ2n) is 17.4. The lowest BCUT2D eigenvalue weighted by Gasteiger charge is -2.44. The highest BCUT2D eigenvalue weighted by molar-refractivity contribution is 5.65. The second kappa shape index (κ2) is 23.7. The van der Waals surface area contributed by atoms with Crippen LogP contribution in [0.1, 0.15) is 99.8 Å². The van der Waals surface area contributed by atoms with Crippen LogP contribution in [0.25, 0.3) is 0 Å². The standard InChI is InChI=1S/C40H72N6O8/c1-25(2)16-35-32(21-49)45-39(28-12-10-9-11-13-28)34(23-51)43-30(17-41)31(20-48)44-38(27(4)53)33(22-50)42-18-29(19-47)54-37(14-15-40(5,6)7)26(3)36(24-52)46(35)8/h19-39,42-45,53H,9-18,41H2,1-8H3/t26-,27+,29?,30+,31?,32?,33?,34?,35+,36?,37-,38-,39+/m1/s1. The summed E-state index contributed by atoms with van der Waals surface area (Å²) in [5.74, 6) is -0.257. The van der Waals surface area contributed by atoms with Gasteiger partial charge >= 0.3 is 0 Å². The predicted octanol–water partition coefficient (Wildman–Crippen LogP) is 0.983. The van der Waals surface area contributed by atoms with E-state index in [1.165, 1.54) is 6.92 Å². The zero-order chi connectivity index (χ0) is 40.6. The summed E-state index contributed by atoms with van der Waals surface area (Å²) in [7, 11) is 1.84. The lowest BCUT2D eigenvalue weighted by molar-refractivity contribution is -0.131. The van der Waals surface area contributed by atoms with Crippen LogP contribution in [0.3, 0.4) is 0 Å². The van der Waals surface area contributed by atoms with Crippen molar-refractivity contribution in [3.63, 3.8) is 0 Å². The molecular formula is C40H72N6O8. The number of ether oxygens (including phenoxy) is 1. The lowest BCUT2D eigenvalue weighted by Crippen LogP contribution is -2.67. The van der Waals surface area contributed by atoms with Gasteiger partial charge in [-0.25, -0.2) is 0 Å². The van der Waals surface area contributed by atoms with Gasteiger partial charge in [0.05, 0.1) is 48.5 Å². The fourth-order valence-corrected chi connectivity index (χ4v) is 8.27. The Labute approximate surface area is 323 Å². The van der Waals surface area contributed by atoms with Crippen LogP contribution in [0.5, 0.6) is 0 Å². The number of nitrogens with zero attached hydrogens (tertiary/aromatic N) is 1. The molecule has 0 aromatic heterocycles. The number of carbonyl (C=O) groups is 6. The number of aliphatic hydroxyl groups excluding tert-OH is 1. The van der Waals surface area contributed by atoms with Gasteiger partial charge in [0, 0.05) is 37.1 Å². The van der Waals surface area contributed by atoms with Gasteiger partial charge in [-0.05, 0) is 63.3 Å². The topological polar surface area (TPSA) is 209 Å². The molecule has 14 heteroatoms. The maximum Gasteiger partial charge on any atom is 0.150 e. The summed E-state index contributed by atoms with van der Waals surface area (Å²) in [6.07, 6.45) is 8.19. The molecule has 0 amide bonds. The predicted molar refractivity (Wildman–Crippen MR) is 209 cm³/mol. The highest BCUT2D eigenvalue weighted by Crippen LogP contribution is 2.31. The van der Waals surface area contributed by atoms with E-state index < -0.39 is 78.6 Å². The third-order valence-electron chi connectivity index (χ3n) is 11.5. The summed E-state index contributed by atoms with van der Waals surface area (Å²) in [6.45, 7) is 13.7. The van der Waals surface area contributed by atoms with Crippen LogP contribution >= 0.6 is 0 Å². The van der Waals surface area contributed by atoms with Gasteiger partial charge in [0.2, 0.25) is 0 Å². The summed E-state index contributed by atoms with van der Waals surface area (Å²) in [5.41, 5.74) is 6.15. The molecule has 1 aliphatic carbocycles. The van der Waals surface area contributed by atoms with Crippen LogP contribution in [0.2, 0.25) is 0 Å². The quantitative estimate of drug-likeness (QED) is 0.145. The van der Waals surface area contributed by atoms with Gasteiger partial charge in [-0.2, -0.15) is 0 Å². The van der Waals surface area contributed by atoms with Gasteiger partial charge in [-0.1, -0.05) is 60.8 Å². The maximum atomic E-state index is 13.2. The Morgan fingerprint density at radius 2 is 1.44 bits per heavy atom. The molecule has 0 aromatic carbocycles. The molecule has 310 valence electrons. The molecule has 0 aromatic rings. The number of likely N-dealkylation sites (N-methyl/N-ethyl adjacent to an activating group) is 1. The summed E-state index contributed by atoms with van der Waals surface area (Å²) in [4.78, 5) is 79.0. The van der Waals surface area contributed by atoms with Gasteiger partial charge < -0.3 is 60.3 Å². The molecule has 14 nitrogen and oxygen atoms in total. The van der Waals surface area contributed by atoms with Crippen molar-refractivity contribution in [1.82, 2.24) is 26.2 Å². The highest BCUT2D eigenvalue weighted by atomic mass is 16.5. The third kappa shape index (κ3) is 14.3. The molecule has 0 spiro atoms. The smallest absolute Gasteiger partial charge is 0.150 e. The zero-order valence-electron chi connectivity index (χ0n) is 34.0. The number of hydrogen-bond donors (Lipinski definition) is 6. The molecule has 54 heavy (non-hydrogen) atoms. The molecule has 1 aliphatic heterocycles. The normalized spacial score (nSPS) is 35.8. The molecule has 1 saturated heterocycles. The first-order valence-corrected chi connectivity index (χ1v) is 20.1. The largest absolute Gasteiger partial charge is 0.392 e. The van der Waals surface area contributed by atoms with Gasteiger partial charge in [0.25, 0.3) is 0 Å². The Morgan fingerprint density at radius 1 is 0.833 bits per heavy atom. The van der Waals surface area contributed by atoms with Gasteiger partial charge in [0.1, 0.15) is 43.8 Å². The van der Waals surface area contributed by atoms with Crippen molar-refractivity contribution in [2.24, 2.45) is 28.9 Å². The molecule has 7 N–H and O–H groups in total. The average Bonchev–Trinajstić information content (AvgIpc) is 3.14. The minimum absolute atomic E-state index is 0.0224. The first kappa shape index (κ1) is 47.9. The van der Waals surface area contributed by atoms with Crippen molar-refractivity contribution >= 4 is 37.7 Å². The van der Waals surface area contributed by atoms with Crippen molar-refractivity contribution in [3.05, 3.63) is 0 Å². The van der Waals surface area contributed by atoms with Gasteiger partial charge in [-0.15, -0.1) is 0 Å². The Bertz CT molecular complexity index is 1150. The minimum atomic E-state index is -1.13. The number of rotatable bonds is 13. The molecule has 6 unspecified atom stereocenters. The molecule has 1 saturated carbocycles. The molecule has 0 radical (unpaired) electrons. The molecule has 2 fully saturated rings. The van der Waals surface area contributed by atoms with Gasteiger partial charge in [0.15, 0.2) is 0 Å². The van der Waals surface area contributed by atoms with Crippen molar-refractivity contribution in [2.45, 2.75) is 173 Å². The van der Waals surface area contributed by atoms with Crippen molar-refractivity contribution in [1.29, 1.82) is 0 Å². The van der Waals surface area contributed by atoms with E-state index in [2.05, 4.69) is 55.9 Å². The minimum Gasteiger partial charge on any atom is -0.392 e. The molecule has 0 bridgehead atoms. The maximum absolute atomic E-state index is 13.2. The van der Waals surface area contributed by atoms with Crippen LogP contribution in [0.15, 0.2) is 0 Å². The van der Waals surface area contributed by atoms with Crippen LogP contribution in [-0.2, 0) is 33.5 Å². The van der Waals surface area contributed by atoms with E-state index >= 15 is 0 Å². The Kier molecular flexibility index (Phi) is 21.0. The fourth-order valence-electron chi connectivity index (χ4n) is 8.27. The number of nitrogens with two attached hydrogens (primary N) is 1. The molecule has 2 aliphatic rings. The van der Waals surface area contributed by atoms with Crippen LogP contribution < -0.4 is 27.0 Å². The van der Waals surface area contributed by atoms with E-state index in [1.54, 1.807) is 0 Å². The number of nitrogens with one attached hydrogen (secondary N) is 4. The summed E-state index contributed by atoms with van der Waals surface area (Å²) in [5, 5.41) is 23.9. The van der Waals surface area contributed by atoms with Crippen molar-refractivity contribution in [2.75, 3.05) is 20.1 Å². The summed E-state index contributed by atoms with van der Waals surface area (Å²) in [6, 6.07) is -7.23. The molecular weight excluding hydrogens is 692 g/mol. The lowest BCUT2D eigenvalue weighted by atomic mass is 9.80. The van der Waals surface area contributed by atoms with E-state index in [1.807, 2.05) is 18.9 Å². The van der Waals surface area contributed by atoms with E-state index in [9.17, 15) is 33.9 Å². The summed E-state index contributed by atoms with van der Waals surface area (Å²) >= 11 is 0. The highest BCUT2D eigenvalue weighted by Gasteiger charge is 2.41. The first-order valence-electron chi connectivity index (χ1n) is 20.1. The molecule has 13 atom stereocenters. The van der Waals surface area contributed by atoms with E-state index in [-0.39, 0.29) is 30.3 Å². The molecule has 2 rings (SSSR count). The van der Waals surface area contributed by atoms with Gasteiger partial charge in [-0.3, -0.25) is 10.2 Å². The number of carbonyl (C=O) groups excluding carboxylic acids is 6. The number of aldehydes is 6. The fraction of sp³-hybridized carbons (Fsp3) is 0.850. The second-order valence-corrected chi connectivity index (χ2v) is 17.4. The SMILES string of the molecule is CC(C)C[C@H]1C(C=O)N[C@@H](C2CCCCC2)C(C=O)N[C@@H](CN)C(C=O)N[C@H]([C@H](C)O)C(C=O)NCC(C=O)O[C@H](CCC(C)(C)C)[C@H](C)C(C=O)N1C. The Hall–Kier alpha value is -2.30. The van der Waals surface area contributed by atoms with E-state index in [0.29, 0.717) is 31.7 Å². The Morgan fingerprint density at radius 3 is 1.93 bits per heavy atom. The van der Waals surface area contributed by atoms with Crippen molar-refractivity contribution < 1.29 is 38.6 Å². The zero-order valence-corrected chi connectivity index (χ0v) is 34.0.